The maximum atomic E-state index is 5.87. The topological polar surface area (TPSA) is 59.6 Å². The van der Waals surface area contributed by atoms with Gasteiger partial charge in [0.25, 0.3) is 0 Å². The lowest BCUT2D eigenvalue weighted by Gasteiger charge is -2.08. The third kappa shape index (κ3) is 9.68. The van der Waals surface area contributed by atoms with E-state index in [4.69, 9.17) is 10.5 Å². The number of anilines is 1. The summed E-state index contributed by atoms with van der Waals surface area (Å²) < 4.78 is 5.48. The molecular formula is C16H28IN3O. The number of nitrogens with one attached hydrogen (secondary N) is 1. The van der Waals surface area contributed by atoms with E-state index in [2.05, 4.69) is 49.3 Å². The molecule has 5 heteroatoms. The summed E-state index contributed by atoms with van der Waals surface area (Å²) in [5.74, 6) is 0.462. The first kappa shape index (κ1) is 20.2. The Morgan fingerprint density at radius 1 is 1.14 bits per heavy atom. The zero-order chi connectivity index (χ0) is 14.8. The molecule has 4 nitrogen and oxygen atoms in total. The van der Waals surface area contributed by atoms with E-state index in [0.29, 0.717) is 12.5 Å². The third-order valence-electron chi connectivity index (χ3n) is 2.87. The van der Waals surface area contributed by atoms with E-state index in [9.17, 15) is 0 Å². The maximum Gasteiger partial charge on any atom is 0.193 e. The van der Waals surface area contributed by atoms with Crippen LogP contribution in [-0.2, 0) is 4.74 Å². The number of guanidine groups is 1. The molecule has 0 unspecified atom stereocenters. The highest BCUT2D eigenvalue weighted by Gasteiger charge is 1.97. The van der Waals surface area contributed by atoms with E-state index >= 15 is 0 Å². The molecule has 0 heterocycles. The Morgan fingerprint density at radius 2 is 1.76 bits per heavy atom. The van der Waals surface area contributed by atoms with Crippen LogP contribution in [0.2, 0.25) is 0 Å². The van der Waals surface area contributed by atoms with Crippen molar-refractivity contribution < 1.29 is 4.74 Å². The summed E-state index contributed by atoms with van der Waals surface area (Å²) in [5, 5.41) is 3.12. The third-order valence-corrected chi connectivity index (χ3v) is 2.87. The van der Waals surface area contributed by atoms with Gasteiger partial charge in [-0.3, -0.25) is 4.99 Å². The molecule has 1 rings (SSSR count). The van der Waals surface area contributed by atoms with Crippen molar-refractivity contribution in [1.29, 1.82) is 0 Å². The molecule has 0 fully saturated rings. The van der Waals surface area contributed by atoms with Gasteiger partial charge < -0.3 is 15.8 Å². The van der Waals surface area contributed by atoms with Crippen LogP contribution in [0, 0.1) is 13.8 Å². The summed E-state index contributed by atoms with van der Waals surface area (Å²) in [6, 6.07) is 6.25. The van der Waals surface area contributed by atoms with Crippen LogP contribution in [-0.4, -0.2) is 25.7 Å². The van der Waals surface area contributed by atoms with Gasteiger partial charge in [-0.1, -0.05) is 19.4 Å². The van der Waals surface area contributed by atoms with E-state index in [1.54, 1.807) is 0 Å². The largest absolute Gasteiger partial charge is 0.381 e. The molecule has 3 N–H and O–H groups in total. The molecular weight excluding hydrogens is 377 g/mol. The second kappa shape index (κ2) is 11.8. The number of halogens is 1. The van der Waals surface area contributed by atoms with Gasteiger partial charge in [0.05, 0.1) is 0 Å². The van der Waals surface area contributed by atoms with Gasteiger partial charge in [-0.25, -0.2) is 0 Å². The van der Waals surface area contributed by atoms with Gasteiger partial charge in [-0.2, -0.15) is 0 Å². The molecule has 0 bridgehead atoms. The zero-order valence-electron chi connectivity index (χ0n) is 13.3. The molecule has 0 spiro atoms. The molecule has 0 aliphatic carbocycles. The highest BCUT2D eigenvalue weighted by Crippen LogP contribution is 2.13. The monoisotopic (exact) mass is 405 g/mol. The van der Waals surface area contributed by atoms with Crippen molar-refractivity contribution in [3.05, 3.63) is 29.3 Å². The van der Waals surface area contributed by atoms with E-state index in [-0.39, 0.29) is 24.0 Å². The van der Waals surface area contributed by atoms with Gasteiger partial charge in [0.1, 0.15) is 0 Å². The molecule has 0 aromatic heterocycles. The number of rotatable bonds is 8. The molecule has 120 valence electrons. The molecule has 21 heavy (non-hydrogen) atoms. The number of aliphatic imine (C=N–C) groups is 1. The number of benzene rings is 1. The SMILES string of the molecule is CCCCOCCCN=C(N)Nc1cc(C)cc(C)c1.I. The summed E-state index contributed by atoms with van der Waals surface area (Å²) in [6.07, 6.45) is 3.20. The highest BCUT2D eigenvalue weighted by atomic mass is 127. The van der Waals surface area contributed by atoms with E-state index < -0.39 is 0 Å². The minimum absolute atomic E-state index is 0. The molecule has 0 saturated heterocycles. The first-order valence-corrected chi connectivity index (χ1v) is 7.35. The number of nitrogens with zero attached hydrogens (tertiary/aromatic N) is 1. The van der Waals surface area contributed by atoms with E-state index in [0.717, 1.165) is 31.7 Å². The Balaban J connectivity index is 0.00000400. The molecule has 1 aromatic carbocycles. The fourth-order valence-electron chi connectivity index (χ4n) is 1.95. The van der Waals surface area contributed by atoms with Crippen LogP contribution in [0.25, 0.3) is 0 Å². The first-order valence-electron chi connectivity index (χ1n) is 7.35. The summed E-state index contributed by atoms with van der Waals surface area (Å²) >= 11 is 0. The Labute approximate surface area is 145 Å². The van der Waals surface area contributed by atoms with Crippen LogP contribution in [0.1, 0.15) is 37.3 Å². The average Bonchev–Trinajstić information content (AvgIpc) is 2.36. The normalized spacial score (nSPS) is 11.1. The minimum atomic E-state index is 0. The van der Waals surface area contributed by atoms with E-state index in [1.807, 2.05) is 0 Å². The molecule has 0 aliphatic heterocycles. The van der Waals surface area contributed by atoms with Gasteiger partial charge in [0.15, 0.2) is 5.96 Å². The summed E-state index contributed by atoms with van der Waals surface area (Å²) in [7, 11) is 0. The minimum Gasteiger partial charge on any atom is -0.381 e. The fourth-order valence-corrected chi connectivity index (χ4v) is 1.95. The number of nitrogens with two attached hydrogens (primary N) is 1. The average molecular weight is 405 g/mol. The summed E-state index contributed by atoms with van der Waals surface area (Å²) in [4.78, 5) is 4.30. The van der Waals surface area contributed by atoms with Crippen LogP contribution >= 0.6 is 24.0 Å². The van der Waals surface area contributed by atoms with Crippen LogP contribution in [0.3, 0.4) is 0 Å². The smallest absolute Gasteiger partial charge is 0.193 e. The van der Waals surface area contributed by atoms with Crippen molar-refractivity contribution in [3.8, 4) is 0 Å². The number of ether oxygens (including phenoxy) is 1. The summed E-state index contributed by atoms with van der Waals surface area (Å²) in [5.41, 5.74) is 9.28. The van der Waals surface area contributed by atoms with Crippen molar-refractivity contribution in [3.63, 3.8) is 0 Å². The van der Waals surface area contributed by atoms with Gasteiger partial charge in [0, 0.05) is 25.4 Å². The van der Waals surface area contributed by atoms with Crippen LogP contribution in [0.4, 0.5) is 5.69 Å². The molecule has 0 radical (unpaired) electrons. The quantitative estimate of drug-likeness (QED) is 0.299. The molecule has 0 amide bonds. The van der Waals surface area contributed by atoms with Crippen molar-refractivity contribution >= 4 is 35.6 Å². The van der Waals surface area contributed by atoms with Crippen LogP contribution < -0.4 is 11.1 Å². The predicted octanol–water partition coefficient (Wildman–Crippen LogP) is 3.85. The lowest BCUT2D eigenvalue weighted by Crippen LogP contribution is -2.23. The van der Waals surface area contributed by atoms with Crippen molar-refractivity contribution in [2.75, 3.05) is 25.1 Å². The van der Waals surface area contributed by atoms with Crippen molar-refractivity contribution in [2.45, 2.75) is 40.0 Å². The Morgan fingerprint density at radius 3 is 2.38 bits per heavy atom. The van der Waals surface area contributed by atoms with Gasteiger partial charge >= 0.3 is 0 Å². The fraction of sp³-hybridized carbons (Fsp3) is 0.562. The Hall–Kier alpha value is -0.820. The van der Waals surface area contributed by atoms with Crippen molar-refractivity contribution in [1.82, 2.24) is 0 Å². The predicted molar refractivity (Wildman–Crippen MR) is 102 cm³/mol. The Bertz CT molecular complexity index is 415. The second-order valence-corrected chi connectivity index (χ2v) is 5.09. The number of unbranched alkanes of at least 4 members (excludes halogenated alkanes) is 1. The number of hydrogen-bond donors (Lipinski definition) is 2. The van der Waals surface area contributed by atoms with Gasteiger partial charge in [0.2, 0.25) is 0 Å². The zero-order valence-corrected chi connectivity index (χ0v) is 15.6. The molecule has 0 atom stereocenters. The maximum absolute atomic E-state index is 5.87. The van der Waals surface area contributed by atoms with E-state index in [1.165, 1.54) is 17.5 Å². The highest BCUT2D eigenvalue weighted by molar-refractivity contribution is 14.0. The molecule has 0 saturated carbocycles. The first-order chi connectivity index (χ1) is 9.61. The van der Waals surface area contributed by atoms with Gasteiger partial charge in [-0.05, 0) is 49.9 Å². The van der Waals surface area contributed by atoms with Crippen molar-refractivity contribution in [2.24, 2.45) is 10.7 Å². The number of aryl methyl sites for hydroxylation is 2. The molecule has 0 aliphatic rings. The lowest BCUT2D eigenvalue weighted by molar-refractivity contribution is 0.130. The second-order valence-electron chi connectivity index (χ2n) is 5.09. The van der Waals surface area contributed by atoms with Gasteiger partial charge in [-0.15, -0.1) is 24.0 Å². The van der Waals surface area contributed by atoms with Crippen LogP contribution in [0.15, 0.2) is 23.2 Å². The number of hydrogen-bond acceptors (Lipinski definition) is 2. The molecule has 1 aromatic rings. The lowest BCUT2D eigenvalue weighted by atomic mass is 10.1. The standard InChI is InChI=1S/C16H27N3O.HI/c1-4-5-8-20-9-6-7-18-16(17)19-15-11-13(2)10-14(3)12-15;/h10-12H,4-9H2,1-3H3,(H3,17,18,19);1H. The Kier molecular flexibility index (Phi) is 11.3. The summed E-state index contributed by atoms with van der Waals surface area (Å²) in [6.45, 7) is 8.58. The van der Waals surface area contributed by atoms with Crippen LogP contribution in [0.5, 0.6) is 0 Å².